The molecule has 3 N–H and O–H groups in total. The molecule has 23 heteroatoms. The Labute approximate surface area is 400 Å². The van der Waals surface area contributed by atoms with Gasteiger partial charge >= 0.3 is 0 Å². The first-order chi connectivity index (χ1) is 28.0. The molecule has 0 radical (unpaired) electrons. The molecule has 0 aromatic carbocycles. The molecule has 0 bridgehead atoms. The molecule has 0 spiro atoms. The van der Waals surface area contributed by atoms with E-state index in [1.165, 1.54) is 31.6 Å². The Bertz CT molecular complexity index is 1950. The fraction of sp³-hybridized carbons (Fsp3) is 0.860. The Morgan fingerprint density at radius 1 is 0.758 bits per heavy atom. The Morgan fingerprint density at radius 2 is 1.14 bits per heavy atom. The van der Waals surface area contributed by atoms with E-state index in [2.05, 4.69) is 51.6 Å². The highest BCUT2D eigenvalue weighted by atomic mass is 32.2. The van der Waals surface area contributed by atoms with Crippen LogP contribution in [0.3, 0.4) is 0 Å². The molecule has 1 unspecified atom stereocenters. The van der Waals surface area contributed by atoms with E-state index in [1.54, 1.807) is 60.0 Å². The Morgan fingerprint density at radius 3 is 1.33 bits per heavy atom. The molecule has 0 aliphatic carbocycles. The third-order valence-electron chi connectivity index (χ3n) is 8.61. The lowest BCUT2D eigenvalue weighted by atomic mass is 9.50. The normalized spacial score (nSPS) is 12.4. The van der Waals surface area contributed by atoms with Crippen LogP contribution in [0.15, 0.2) is 0 Å². The van der Waals surface area contributed by atoms with Gasteiger partial charge < -0.3 is 9.92 Å². The molecule has 0 aliphatic heterocycles. The summed E-state index contributed by atoms with van der Waals surface area (Å²) in [6.45, 7) is 46.2. The first-order valence-corrected chi connectivity index (χ1v) is 25.0. The van der Waals surface area contributed by atoms with Crippen LogP contribution in [-0.2, 0) is 52.7 Å². The minimum Gasteiger partial charge on any atom is -0.450 e. The summed E-state index contributed by atoms with van der Waals surface area (Å²) in [5.41, 5.74) is -0.381. The van der Waals surface area contributed by atoms with E-state index >= 15 is 0 Å². The van der Waals surface area contributed by atoms with Crippen molar-refractivity contribution in [2.24, 2.45) is 5.41 Å². The van der Waals surface area contributed by atoms with Crippen LogP contribution in [0.4, 0.5) is 0 Å². The number of hydrogen-bond donors (Lipinski definition) is 3. The minimum atomic E-state index is -2.85. The number of carbonyl (C=O) groups excluding carboxylic acids is 3. The predicted octanol–water partition coefficient (Wildman–Crippen LogP) is 8.25. The van der Waals surface area contributed by atoms with Crippen LogP contribution in [0.2, 0.25) is 12.1 Å². The lowest BCUT2D eigenvalue weighted by Crippen LogP contribution is -2.26. The highest BCUT2D eigenvalue weighted by molar-refractivity contribution is 7.92. The number of sulfone groups is 1. The second kappa shape index (κ2) is 30.0. The summed E-state index contributed by atoms with van der Waals surface area (Å²) in [6, 6.07) is 0. The molecular formula is C43H94BN12O8PS. The molecule has 0 fully saturated rings. The number of aromatic amines is 1. The molecule has 0 saturated heterocycles. The van der Waals surface area contributed by atoms with Crippen LogP contribution >= 0.6 is 7.37 Å². The van der Waals surface area contributed by atoms with Gasteiger partial charge in [0.15, 0.2) is 38.9 Å². The molecule has 0 aliphatic rings. The van der Waals surface area contributed by atoms with Crippen molar-refractivity contribution < 1.29 is 37.3 Å². The molecule has 3 aromatic rings. The van der Waals surface area contributed by atoms with E-state index in [0.717, 1.165) is 11.6 Å². The second-order valence-corrected chi connectivity index (χ2v) is 27.8. The van der Waals surface area contributed by atoms with Crippen LogP contribution in [-0.4, -0.2) is 126 Å². The Hall–Kier alpha value is -3.62. The van der Waals surface area contributed by atoms with Gasteiger partial charge in [0.2, 0.25) is 7.37 Å². The van der Waals surface area contributed by atoms with Gasteiger partial charge in [-0.3, -0.25) is 18.9 Å². The summed E-state index contributed by atoms with van der Waals surface area (Å²) in [7, 11) is -5.69. The average Bonchev–Trinajstić information content (AvgIpc) is 3.82. The summed E-state index contributed by atoms with van der Waals surface area (Å²) in [5.74, 6) is 2.86. The van der Waals surface area contributed by atoms with Gasteiger partial charge in [-0.25, -0.2) is 13.1 Å². The number of carbonyl (C=O) groups is 3. The number of tetrazole rings is 3. The van der Waals surface area contributed by atoms with Crippen molar-refractivity contribution in [2.45, 2.75) is 226 Å². The van der Waals surface area contributed by atoms with Gasteiger partial charge in [-0.2, -0.15) is 10.0 Å². The quantitative estimate of drug-likeness (QED) is 0.160. The van der Waals surface area contributed by atoms with Gasteiger partial charge in [-0.05, 0) is 62.5 Å². The van der Waals surface area contributed by atoms with Gasteiger partial charge in [0.25, 0.3) is 6.92 Å². The van der Waals surface area contributed by atoms with Gasteiger partial charge in [0, 0.05) is 40.2 Å². The van der Waals surface area contributed by atoms with Crippen LogP contribution < -0.4 is 0 Å². The molecule has 20 nitrogen and oxygen atoms in total. The first-order valence-electron chi connectivity index (χ1n) is 21.0. The zero-order chi connectivity index (χ0) is 52.3. The van der Waals surface area contributed by atoms with Gasteiger partial charge in [-0.15, -0.1) is 25.5 Å². The van der Waals surface area contributed by atoms with Crippen molar-refractivity contribution in [3.05, 3.63) is 17.5 Å². The zero-order valence-electron chi connectivity index (χ0n) is 44.2. The number of rotatable bonds is 5. The molecule has 0 saturated carbocycles. The highest BCUT2D eigenvalue weighted by Crippen LogP contribution is 2.49. The van der Waals surface area contributed by atoms with Crippen molar-refractivity contribution in [2.75, 3.05) is 12.9 Å². The first kappa shape index (κ1) is 73.9. The molecular weight excluding hydrogens is 886 g/mol. The number of ketones is 3. The summed E-state index contributed by atoms with van der Waals surface area (Å²) in [5, 5.41) is 44.8. The van der Waals surface area contributed by atoms with E-state index in [4.69, 9.17) is 9.92 Å². The Balaban J connectivity index is -0.000000161. The number of aromatic nitrogens is 12. The molecule has 3 rings (SSSR count). The van der Waals surface area contributed by atoms with E-state index in [0.29, 0.717) is 11.7 Å². The van der Waals surface area contributed by atoms with Crippen LogP contribution in [0.25, 0.3) is 0 Å². The fourth-order valence-electron chi connectivity index (χ4n) is 2.28. The van der Waals surface area contributed by atoms with Crippen LogP contribution in [0.1, 0.15) is 197 Å². The van der Waals surface area contributed by atoms with Crippen LogP contribution in [0, 0.1) is 5.41 Å². The number of nitrogens with zero attached hydrogens (tertiary/aromatic N) is 11. The third-order valence-corrected chi connectivity index (χ3v) is 13.3. The van der Waals surface area contributed by atoms with Crippen molar-refractivity contribution in [3.63, 3.8) is 0 Å². The smallest absolute Gasteiger partial charge is 0.291 e. The van der Waals surface area contributed by atoms with Gasteiger partial charge in [0.05, 0.1) is 4.75 Å². The monoisotopic (exact) mass is 981 g/mol. The Kier molecular flexibility index (Phi) is 33.6. The standard InChI is InChI=1S/2C8H14N4O.C6H12O.C5H13BO.C5H13O2P.C5H12O2S.C4H8N4.2CH4/c1-6(13)5-12-7(8(2,3)4)9-10-11-12;1-6(13)5-12-10-7(9-11-12)8(2,3)4;1-5(7)6(2,3)4;1-5(2,3)6(4)7;2*1-5(2,3)8(4,6)7;1-3(2)4-5-7-8-6-4;;/h2*5H2,1-4H3;1-4H3;7H,1-4H3;1-4H3,(H,6,7);1-4H3;3H,1-2H3,(H,5,6,7,8);2*1H4. The summed E-state index contributed by atoms with van der Waals surface area (Å²) in [4.78, 5) is 42.3. The number of nitrogens with one attached hydrogen (secondary N) is 1. The summed E-state index contributed by atoms with van der Waals surface area (Å²) in [6.07, 6.45) is 1.24. The third kappa shape index (κ3) is 36.5. The fourth-order valence-corrected chi connectivity index (χ4v) is 2.28. The van der Waals surface area contributed by atoms with Gasteiger partial charge in [0.1, 0.15) is 18.9 Å². The lowest BCUT2D eigenvalue weighted by Gasteiger charge is -2.21. The maximum absolute atomic E-state index is 10.9. The molecule has 3 aromatic heterocycles. The van der Waals surface area contributed by atoms with Crippen molar-refractivity contribution in [1.82, 2.24) is 61.0 Å². The van der Waals surface area contributed by atoms with Gasteiger partial charge in [-0.1, -0.05) is 145 Å². The summed E-state index contributed by atoms with van der Waals surface area (Å²) < 4.78 is 33.1. The molecule has 3 heterocycles. The lowest BCUT2D eigenvalue weighted by molar-refractivity contribution is -0.124. The van der Waals surface area contributed by atoms with E-state index in [9.17, 15) is 27.4 Å². The maximum atomic E-state index is 10.9. The molecule has 388 valence electrons. The van der Waals surface area contributed by atoms with Crippen molar-refractivity contribution in [1.29, 1.82) is 0 Å². The molecule has 1 atom stereocenters. The van der Waals surface area contributed by atoms with E-state index < -0.39 is 27.1 Å². The topological polar surface area (TPSA) is 285 Å². The highest BCUT2D eigenvalue weighted by Gasteiger charge is 2.28. The molecule has 0 amide bonds. The average molecular weight is 981 g/mol. The SMILES string of the molecule is C.C.CB(O)C(C)(C)C.CC(=O)C(C)(C)C.CC(=O)Cn1nnc(C(C)(C)C)n1.CC(=O)Cn1nnnc1C(C)(C)C.CC(C)(C)P(C)(=O)O.CC(C)(C)S(C)(=O)=O.CC(C)c1nn[nH]n1. The second-order valence-electron chi connectivity index (χ2n) is 21.9. The minimum absolute atomic E-state index is 0. The van der Waals surface area contributed by atoms with Crippen molar-refractivity contribution >= 4 is 41.5 Å². The summed E-state index contributed by atoms with van der Waals surface area (Å²) >= 11 is 0. The number of Topliss-reactive ketones (excluding diaryl/α,β-unsaturated/α-hetero) is 3. The van der Waals surface area contributed by atoms with Crippen LogP contribution in [0.5, 0.6) is 0 Å². The van der Waals surface area contributed by atoms with E-state index in [1.807, 2.05) is 96.9 Å². The predicted molar refractivity (Wildman–Crippen MR) is 270 cm³/mol. The van der Waals surface area contributed by atoms with E-state index in [-0.39, 0.29) is 73.8 Å². The van der Waals surface area contributed by atoms with Crippen molar-refractivity contribution in [3.8, 4) is 0 Å². The number of H-pyrrole nitrogens is 1. The maximum Gasteiger partial charge on any atom is 0.291 e. The molecule has 66 heavy (non-hydrogen) atoms. The number of hydrogen-bond acceptors (Lipinski definition) is 16. The zero-order valence-corrected chi connectivity index (χ0v) is 45.9. The largest absolute Gasteiger partial charge is 0.450 e.